The Morgan fingerprint density at radius 1 is 0.978 bits per heavy atom. The van der Waals surface area contributed by atoms with Crippen LogP contribution in [0.1, 0.15) is 44.0 Å². The number of rotatable bonds is 8. The van der Waals surface area contributed by atoms with Crippen LogP contribution in [0.2, 0.25) is 0 Å². The SMILES string of the molecule is COc1cc2ccccc2c(N2CCc3c(nc(OCCCN4CCOCC4)nc3N3CCN(C(=O)OC(C)(C)C)CC3)C2)c1C. The van der Waals surface area contributed by atoms with E-state index in [-0.39, 0.29) is 6.09 Å². The summed E-state index contributed by atoms with van der Waals surface area (Å²) in [4.78, 5) is 31.7. The standard InChI is InChI=1S/C35H48N6O5/c1-25-30(43-5)23-26-9-6-7-10-27(26)31(25)41-13-11-28-29(24-41)36-33(45-20-8-12-38-18-21-44-22-19-38)37-32(28)39-14-16-40(17-15-39)34(42)46-35(2,3)4/h6-7,9-10,23H,8,11-22,24H2,1-5H3. The maximum Gasteiger partial charge on any atom is 0.410 e. The molecule has 2 saturated heterocycles. The van der Waals surface area contributed by atoms with Gasteiger partial charge in [-0.05, 0) is 52.0 Å². The molecule has 0 saturated carbocycles. The van der Waals surface area contributed by atoms with Gasteiger partial charge in [0.25, 0.3) is 0 Å². The molecule has 3 aromatic rings. The van der Waals surface area contributed by atoms with Crippen molar-refractivity contribution in [2.45, 2.75) is 52.7 Å². The fourth-order valence-corrected chi connectivity index (χ4v) is 6.64. The van der Waals surface area contributed by atoms with Crippen molar-refractivity contribution in [1.29, 1.82) is 0 Å². The Morgan fingerprint density at radius 3 is 2.48 bits per heavy atom. The van der Waals surface area contributed by atoms with Crippen LogP contribution in [0.4, 0.5) is 16.3 Å². The number of anilines is 2. The second-order valence-corrected chi connectivity index (χ2v) is 13.3. The molecule has 0 radical (unpaired) electrons. The second kappa shape index (κ2) is 13.9. The molecule has 3 aliphatic heterocycles. The number of hydrogen-bond acceptors (Lipinski definition) is 10. The van der Waals surface area contributed by atoms with Gasteiger partial charge in [0.05, 0.1) is 44.9 Å². The molecule has 11 heteroatoms. The van der Waals surface area contributed by atoms with Gasteiger partial charge in [-0.2, -0.15) is 9.97 Å². The molecule has 0 bridgehead atoms. The van der Waals surface area contributed by atoms with Gasteiger partial charge in [0, 0.05) is 68.9 Å². The van der Waals surface area contributed by atoms with Crippen LogP contribution < -0.4 is 19.3 Å². The van der Waals surface area contributed by atoms with E-state index in [1.807, 2.05) is 20.8 Å². The van der Waals surface area contributed by atoms with Gasteiger partial charge >= 0.3 is 12.1 Å². The van der Waals surface area contributed by atoms with Crippen LogP contribution in [0.15, 0.2) is 30.3 Å². The molecule has 2 aromatic carbocycles. The van der Waals surface area contributed by atoms with E-state index >= 15 is 0 Å². The Labute approximate surface area is 272 Å². The molecule has 0 atom stereocenters. The van der Waals surface area contributed by atoms with Gasteiger partial charge in [0.1, 0.15) is 17.2 Å². The second-order valence-electron chi connectivity index (χ2n) is 13.3. The van der Waals surface area contributed by atoms with E-state index in [0.29, 0.717) is 45.3 Å². The first kappa shape index (κ1) is 32.1. The quantitative estimate of drug-likeness (QED) is 0.327. The van der Waals surface area contributed by atoms with Gasteiger partial charge in [-0.1, -0.05) is 24.3 Å². The van der Waals surface area contributed by atoms with E-state index in [9.17, 15) is 4.79 Å². The molecular weight excluding hydrogens is 584 g/mol. The minimum absolute atomic E-state index is 0.266. The molecule has 0 aliphatic carbocycles. The summed E-state index contributed by atoms with van der Waals surface area (Å²) in [6.45, 7) is 16.8. The lowest BCUT2D eigenvalue weighted by Crippen LogP contribution is -2.50. The predicted molar refractivity (Wildman–Crippen MR) is 179 cm³/mol. The lowest BCUT2D eigenvalue weighted by molar-refractivity contribution is 0.0240. The highest BCUT2D eigenvalue weighted by molar-refractivity contribution is 5.98. The number of hydrogen-bond donors (Lipinski definition) is 0. The zero-order valence-corrected chi connectivity index (χ0v) is 28.0. The topological polar surface area (TPSA) is 92.7 Å². The summed E-state index contributed by atoms with van der Waals surface area (Å²) in [7, 11) is 1.73. The van der Waals surface area contributed by atoms with Gasteiger partial charge < -0.3 is 33.6 Å². The molecule has 46 heavy (non-hydrogen) atoms. The van der Waals surface area contributed by atoms with E-state index in [1.54, 1.807) is 12.0 Å². The van der Waals surface area contributed by atoms with Gasteiger partial charge in [-0.3, -0.25) is 4.90 Å². The Morgan fingerprint density at radius 2 is 1.74 bits per heavy atom. The molecule has 11 nitrogen and oxygen atoms in total. The minimum Gasteiger partial charge on any atom is -0.496 e. The van der Waals surface area contributed by atoms with Gasteiger partial charge in [-0.25, -0.2) is 4.79 Å². The van der Waals surface area contributed by atoms with Crippen molar-refractivity contribution in [3.63, 3.8) is 0 Å². The molecule has 1 aromatic heterocycles. The Hall–Kier alpha value is -3.83. The van der Waals surface area contributed by atoms with Crippen molar-refractivity contribution >= 4 is 28.4 Å². The van der Waals surface area contributed by atoms with Crippen molar-refractivity contribution in [3.05, 3.63) is 47.2 Å². The molecule has 6 rings (SSSR count). The molecule has 0 N–H and O–H groups in total. The highest BCUT2D eigenvalue weighted by Gasteiger charge is 2.31. The summed E-state index contributed by atoms with van der Waals surface area (Å²) in [5, 5.41) is 2.36. The van der Waals surface area contributed by atoms with E-state index in [1.165, 1.54) is 11.1 Å². The maximum atomic E-state index is 12.8. The molecule has 0 spiro atoms. The summed E-state index contributed by atoms with van der Waals surface area (Å²) >= 11 is 0. The summed E-state index contributed by atoms with van der Waals surface area (Å²) in [5.41, 5.74) is 3.93. The summed E-state index contributed by atoms with van der Waals surface area (Å²) in [5.74, 6) is 1.80. The summed E-state index contributed by atoms with van der Waals surface area (Å²) in [6, 6.07) is 11.0. The monoisotopic (exact) mass is 632 g/mol. The number of benzene rings is 2. The third-order valence-electron chi connectivity index (χ3n) is 8.97. The first-order valence-corrected chi connectivity index (χ1v) is 16.6. The van der Waals surface area contributed by atoms with Crippen LogP contribution in [-0.4, -0.2) is 111 Å². The number of fused-ring (bicyclic) bond motifs is 2. The first-order valence-electron chi connectivity index (χ1n) is 16.6. The largest absolute Gasteiger partial charge is 0.496 e. The molecule has 248 valence electrons. The highest BCUT2D eigenvalue weighted by atomic mass is 16.6. The predicted octanol–water partition coefficient (Wildman–Crippen LogP) is 4.67. The summed E-state index contributed by atoms with van der Waals surface area (Å²) in [6.07, 6.45) is 1.43. The van der Waals surface area contributed by atoms with E-state index in [2.05, 4.69) is 52.0 Å². The fraction of sp³-hybridized carbons (Fsp3) is 0.571. The van der Waals surface area contributed by atoms with Crippen molar-refractivity contribution in [2.75, 3.05) is 89.1 Å². The van der Waals surface area contributed by atoms with E-state index in [4.69, 9.17) is 28.9 Å². The van der Waals surface area contributed by atoms with Crippen LogP contribution in [-0.2, 0) is 22.4 Å². The van der Waals surface area contributed by atoms with Crippen molar-refractivity contribution in [3.8, 4) is 11.8 Å². The molecule has 2 fully saturated rings. The average Bonchev–Trinajstić information content (AvgIpc) is 3.05. The number of amides is 1. The smallest absolute Gasteiger partial charge is 0.410 e. The number of methoxy groups -OCH3 is 1. The van der Waals surface area contributed by atoms with Crippen LogP contribution >= 0.6 is 0 Å². The zero-order valence-electron chi connectivity index (χ0n) is 28.0. The van der Waals surface area contributed by atoms with E-state index in [0.717, 1.165) is 86.0 Å². The third-order valence-corrected chi connectivity index (χ3v) is 8.97. The lowest BCUT2D eigenvalue weighted by Gasteiger charge is -2.38. The highest BCUT2D eigenvalue weighted by Crippen LogP contribution is 2.40. The normalized spacial score (nSPS) is 17.6. The number of aromatic nitrogens is 2. The summed E-state index contributed by atoms with van der Waals surface area (Å²) < 4.78 is 23.2. The number of carbonyl (C=O) groups excluding carboxylic acids is 1. The Bertz CT molecular complexity index is 1530. The van der Waals surface area contributed by atoms with Crippen LogP contribution in [0.5, 0.6) is 11.8 Å². The number of nitrogens with zero attached hydrogens (tertiary/aromatic N) is 6. The zero-order chi connectivity index (χ0) is 32.3. The van der Waals surface area contributed by atoms with E-state index < -0.39 is 5.60 Å². The van der Waals surface area contributed by atoms with Crippen LogP contribution in [0.25, 0.3) is 10.8 Å². The first-order chi connectivity index (χ1) is 22.2. The van der Waals surface area contributed by atoms with Crippen molar-refractivity contribution < 1.29 is 23.7 Å². The third kappa shape index (κ3) is 7.25. The average molecular weight is 633 g/mol. The number of ether oxygens (including phenoxy) is 4. The van der Waals surface area contributed by atoms with Crippen LogP contribution in [0.3, 0.4) is 0 Å². The number of piperazine rings is 1. The molecule has 3 aliphatic rings. The molecule has 4 heterocycles. The minimum atomic E-state index is -0.522. The van der Waals surface area contributed by atoms with Gasteiger partial charge in [0.2, 0.25) is 0 Å². The maximum absolute atomic E-state index is 12.8. The Balaban J connectivity index is 1.25. The van der Waals surface area contributed by atoms with Crippen LogP contribution in [0, 0.1) is 6.92 Å². The number of morpholine rings is 1. The lowest BCUT2D eigenvalue weighted by atomic mass is 9.98. The molecule has 1 amide bonds. The Kier molecular flexibility index (Phi) is 9.70. The van der Waals surface area contributed by atoms with Crippen molar-refractivity contribution in [1.82, 2.24) is 19.8 Å². The van der Waals surface area contributed by atoms with Gasteiger partial charge in [0.15, 0.2) is 0 Å². The fourth-order valence-electron chi connectivity index (χ4n) is 6.64. The van der Waals surface area contributed by atoms with Gasteiger partial charge in [-0.15, -0.1) is 0 Å². The molecule has 0 unspecified atom stereocenters. The molecular formula is C35H48N6O5. The number of carbonyl (C=O) groups is 1. The van der Waals surface area contributed by atoms with Crippen molar-refractivity contribution in [2.24, 2.45) is 0 Å².